The minimum Gasteiger partial charge on any atom is -0.480 e. The van der Waals surface area contributed by atoms with Gasteiger partial charge in [0.2, 0.25) is 5.91 Å². The maximum absolute atomic E-state index is 11.9. The number of carbonyl (C=O) groups is 2. The van der Waals surface area contributed by atoms with E-state index in [0.717, 1.165) is 12.8 Å². The first-order valence-electron chi connectivity index (χ1n) is 5.64. The summed E-state index contributed by atoms with van der Waals surface area (Å²) in [6, 6.07) is 0.140. The van der Waals surface area contributed by atoms with Crippen molar-refractivity contribution in [1.29, 1.82) is 0 Å². The highest BCUT2D eigenvalue weighted by atomic mass is 16.4. The van der Waals surface area contributed by atoms with Gasteiger partial charge in [0.1, 0.15) is 6.54 Å². The minimum absolute atomic E-state index is 0.0939. The lowest BCUT2D eigenvalue weighted by Gasteiger charge is -2.20. The van der Waals surface area contributed by atoms with Gasteiger partial charge < -0.3 is 14.6 Å². The molecule has 0 spiro atoms. The smallest absolute Gasteiger partial charge is 0.323 e. The number of amides is 1. The zero-order valence-electron chi connectivity index (χ0n) is 9.45. The molecule has 6 heteroatoms. The van der Waals surface area contributed by atoms with Gasteiger partial charge in [0.05, 0.1) is 6.33 Å². The first-order chi connectivity index (χ1) is 8.16. The summed E-state index contributed by atoms with van der Waals surface area (Å²) >= 11 is 0. The number of hydrogen-bond donors (Lipinski definition) is 1. The van der Waals surface area contributed by atoms with E-state index in [2.05, 4.69) is 4.98 Å². The first-order valence-corrected chi connectivity index (χ1v) is 5.64. The van der Waals surface area contributed by atoms with Crippen LogP contribution in [0.4, 0.5) is 0 Å². The topological polar surface area (TPSA) is 75.4 Å². The Balaban J connectivity index is 1.85. The fourth-order valence-electron chi connectivity index (χ4n) is 1.74. The largest absolute Gasteiger partial charge is 0.480 e. The molecule has 6 nitrogen and oxygen atoms in total. The van der Waals surface area contributed by atoms with Crippen LogP contribution in [0.25, 0.3) is 0 Å². The van der Waals surface area contributed by atoms with Crippen molar-refractivity contribution < 1.29 is 14.7 Å². The van der Waals surface area contributed by atoms with Crippen molar-refractivity contribution in [2.45, 2.75) is 31.8 Å². The van der Waals surface area contributed by atoms with Gasteiger partial charge in [0, 0.05) is 31.4 Å². The van der Waals surface area contributed by atoms with Crippen LogP contribution in [0.3, 0.4) is 0 Å². The van der Waals surface area contributed by atoms with E-state index >= 15 is 0 Å². The van der Waals surface area contributed by atoms with Gasteiger partial charge in [-0.25, -0.2) is 4.98 Å². The van der Waals surface area contributed by atoms with Crippen LogP contribution in [-0.2, 0) is 16.1 Å². The molecule has 0 aliphatic heterocycles. The average Bonchev–Trinajstić information content (AvgIpc) is 2.99. The van der Waals surface area contributed by atoms with Gasteiger partial charge in [-0.15, -0.1) is 0 Å². The van der Waals surface area contributed by atoms with Crippen molar-refractivity contribution in [3.05, 3.63) is 18.7 Å². The molecule has 1 aromatic heterocycles. The second-order valence-corrected chi connectivity index (χ2v) is 4.20. The molecule has 1 aromatic rings. The Morgan fingerprint density at radius 3 is 2.76 bits per heavy atom. The zero-order valence-corrected chi connectivity index (χ0v) is 9.45. The molecule has 0 bridgehead atoms. The Bertz CT molecular complexity index is 398. The van der Waals surface area contributed by atoms with Gasteiger partial charge in [-0.1, -0.05) is 0 Å². The van der Waals surface area contributed by atoms with E-state index in [4.69, 9.17) is 5.11 Å². The third-order valence-electron chi connectivity index (χ3n) is 2.76. The molecule has 92 valence electrons. The Kier molecular flexibility index (Phi) is 3.41. The normalized spacial score (nSPS) is 14.6. The monoisotopic (exact) mass is 237 g/mol. The van der Waals surface area contributed by atoms with E-state index in [1.165, 1.54) is 4.90 Å². The summed E-state index contributed by atoms with van der Waals surface area (Å²) in [4.78, 5) is 27.9. The number of aromatic nitrogens is 2. The molecule has 1 N–H and O–H groups in total. The van der Waals surface area contributed by atoms with Crippen LogP contribution in [0.5, 0.6) is 0 Å². The molecule has 0 aromatic carbocycles. The molecule has 2 rings (SSSR count). The lowest BCUT2D eigenvalue weighted by molar-refractivity contribution is -0.145. The van der Waals surface area contributed by atoms with Crippen LogP contribution in [0.15, 0.2) is 18.7 Å². The zero-order chi connectivity index (χ0) is 12.3. The van der Waals surface area contributed by atoms with Gasteiger partial charge in [0.25, 0.3) is 0 Å². The summed E-state index contributed by atoms with van der Waals surface area (Å²) in [6.07, 6.45) is 7.24. The number of carbonyl (C=O) groups excluding carboxylic acids is 1. The SMILES string of the molecule is O=C(O)CN(C(=O)CCn1ccnc1)C1CC1. The van der Waals surface area contributed by atoms with E-state index in [-0.39, 0.29) is 18.5 Å². The van der Waals surface area contributed by atoms with Crippen LogP contribution in [0.1, 0.15) is 19.3 Å². The molecule has 17 heavy (non-hydrogen) atoms. The number of aliphatic carboxylic acids is 1. The van der Waals surface area contributed by atoms with Crippen molar-refractivity contribution >= 4 is 11.9 Å². The van der Waals surface area contributed by atoms with Crippen LogP contribution < -0.4 is 0 Å². The number of nitrogens with zero attached hydrogens (tertiary/aromatic N) is 3. The maximum atomic E-state index is 11.9. The third kappa shape index (κ3) is 3.30. The molecule has 0 unspecified atom stereocenters. The van der Waals surface area contributed by atoms with E-state index in [0.29, 0.717) is 13.0 Å². The summed E-state index contributed by atoms with van der Waals surface area (Å²) in [5.74, 6) is -1.04. The predicted octanol–water partition coefficient (Wildman–Crippen LogP) is 0.349. The second-order valence-electron chi connectivity index (χ2n) is 4.20. The Morgan fingerprint density at radius 1 is 1.47 bits per heavy atom. The first kappa shape index (κ1) is 11.6. The van der Waals surface area contributed by atoms with Crippen LogP contribution >= 0.6 is 0 Å². The summed E-state index contributed by atoms with van der Waals surface area (Å²) in [5, 5.41) is 8.75. The van der Waals surface area contributed by atoms with Gasteiger partial charge in [0.15, 0.2) is 0 Å². The van der Waals surface area contributed by atoms with E-state index in [1.807, 2.05) is 4.57 Å². The van der Waals surface area contributed by atoms with Crippen LogP contribution in [0.2, 0.25) is 0 Å². The summed E-state index contributed by atoms with van der Waals surface area (Å²) in [7, 11) is 0. The highest BCUT2D eigenvalue weighted by Gasteiger charge is 2.33. The second kappa shape index (κ2) is 4.99. The van der Waals surface area contributed by atoms with Crippen LogP contribution in [-0.4, -0.2) is 44.0 Å². The number of rotatable bonds is 6. The Hall–Kier alpha value is -1.85. The molecule has 0 radical (unpaired) electrons. The summed E-state index contributed by atoms with van der Waals surface area (Å²) in [6.45, 7) is 0.356. The molecule has 1 heterocycles. The van der Waals surface area contributed by atoms with E-state index < -0.39 is 5.97 Å². The highest BCUT2D eigenvalue weighted by Crippen LogP contribution is 2.27. The Labute approximate surface area is 98.9 Å². The van der Waals surface area contributed by atoms with Crippen molar-refractivity contribution in [1.82, 2.24) is 14.5 Å². The maximum Gasteiger partial charge on any atom is 0.323 e. The van der Waals surface area contributed by atoms with Gasteiger partial charge in [-0.2, -0.15) is 0 Å². The van der Waals surface area contributed by atoms with Crippen molar-refractivity contribution in [3.8, 4) is 0 Å². The fraction of sp³-hybridized carbons (Fsp3) is 0.545. The molecule has 1 saturated carbocycles. The van der Waals surface area contributed by atoms with Gasteiger partial charge in [-0.3, -0.25) is 9.59 Å². The van der Waals surface area contributed by atoms with Crippen molar-refractivity contribution in [2.75, 3.05) is 6.54 Å². The number of carboxylic acids is 1. The lowest BCUT2D eigenvalue weighted by atomic mass is 10.3. The fourth-order valence-corrected chi connectivity index (χ4v) is 1.74. The quantitative estimate of drug-likeness (QED) is 0.774. The van der Waals surface area contributed by atoms with Crippen LogP contribution in [0, 0.1) is 0 Å². The number of imidazole rings is 1. The molecule has 1 fully saturated rings. The number of hydrogen-bond acceptors (Lipinski definition) is 3. The molecule has 1 amide bonds. The molecule has 1 aliphatic carbocycles. The summed E-state index contributed by atoms with van der Waals surface area (Å²) in [5.41, 5.74) is 0. The molecular formula is C11H15N3O3. The van der Waals surface area contributed by atoms with Crippen molar-refractivity contribution in [3.63, 3.8) is 0 Å². The number of carboxylic acid groups (broad SMARTS) is 1. The molecule has 1 aliphatic rings. The highest BCUT2D eigenvalue weighted by molar-refractivity contribution is 5.81. The Morgan fingerprint density at radius 2 is 2.24 bits per heavy atom. The lowest BCUT2D eigenvalue weighted by Crippen LogP contribution is -2.37. The molecular weight excluding hydrogens is 222 g/mol. The van der Waals surface area contributed by atoms with Gasteiger partial charge >= 0.3 is 5.97 Å². The average molecular weight is 237 g/mol. The minimum atomic E-state index is -0.951. The van der Waals surface area contributed by atoms with Crippen molar-refractivity contribution in [2.24, 2.45) is 0 Å². The molecule has 0 atom stereocenters. The van der Waals surface area contributed by atoms with E-state index in [1.54, 1.807) is 18.7 Å². The van der Waals surface area contributed by atoms with E-state index in [9.17, 15) is 9.59 Å². The number of aryl methyl sites for hydroxylation is 1. The summed E-state index contributed by atoms with van der Waals surface area (Å²) < 4.78 is 1.81. The molecule has 0 saturated heterocycles. The standard InChI is InChI=1S/C11H15N3O3/c15-10(3-5-13-6-4-12-8-13)14(7-11(16)17)9-1-2-9/h4,6,8-9H,1-3,5,7H2,(H,16,17). The predicted molar refractivity (Wildman–Crippen MR) is 59.2 cm³/mol. The van der Waals surface area contributed by atoms with Gasteiger partial charge in [-0.05, 0) is 12.8 Å². The third-order valence-corrected chi connectivity index (χ3v) is 2.76.